The number of hydrogen-bond donors (Lipinski definition) is 0. The molecule has 1 aromatic rings. The van der Waals surface area contributed by atoms with Gasteiger partial charge in [-0.05, 0) is 47.0 Å². The van der Waals surface area contributed by atoms with Gasteiger partial charge in [-0.2, -0.15) is 0 Å². The van der Waals surface area contributed by atoms with Crippen molar-refractivity contribution in [3.05, 3.63) is 26.9 Å². The third kappa shape index (κ3) is 4.46. The van der Waals surface area contributed by atoms with E-state index in [1.54, 1.807) is 17.4 Å². The van der Waals surface area contributed by atoms with Crippen molar-refractivity contribution in [3.8, 4) is 0 Å². The van der Waals surface area contributed by atoms with Gasteiger partial charge in [0.05, 0.1) is 17.0 Å². The summed E-state index contributed by atoms with van der Waals surface area (Å²) in [6.45, 7) is 3.95. The molecular weight excluding hydrogens is 392 g/mol. The van der Waals surface area contributed by atoms with Crippen molar-refractivity contribution in [1.29, 1.82) is 0 Å². The lowest BCUT2D eigenvalue weighted by Gasteiger charge is -2.35. The van der Waals surface area contributed by atoms with Gasteiger partial charge in [-0.1, -0.05) is 0 Å². The predicted molar refractivity (Wildman–Crippen MR) is 97.8 cm³/mol. The molecule has 0 atom stereocenters. The number of carbonyl (C=O) groups is 2. The van der Waals surface area contributed by atoms with Gasteiger partial charge < -0.3 is 14.5 Å². The Morgan fingerprint density at radius 1 is 1.12 bits per heavy atom. The average molecular weight is 413 g/mol. The van der Waals surface area contributed by atoms with Crippen LogP contribution in [-0.2, 0) is 14.3 Å². The van der Waals surface area contributed by atoms with Gasteiger partial charge in [0.2, 0.25) is 11.8 Å². The fraction of sp³-hybridized carbons (Fsp3) is 0.529. The van der Waals surface area contributed by atoms with Gasteiger partial charge in [0.1, 0.15) is 0 Å². The first-order valence-corrected chi connectivity index (χ1v) is 9.83. The second kappa shape index (κ2) is 8.27. The van der Waals surface area contributed by atoms with E-state index in [-0.39, 0.29) is 17.7 Å². The second-order valence-corrected chi connectivity index (χ2v) is 8.51. The minimum Gasteiger partial charge on any atom is -0.378 e. The van der Waals surface area contributed by atoms with E-state index in [4.69, 9.17) is 4.74 Å². The number of nitrogens with zero attached hydrogens (tertiary/aromatic N) is 2. The normalized spacial score (nSPS) is 19.9. The Bertz CT molecular complexity index is 617. The van der Waals surface area contributed by atoms with Gasteiger partial charge in [-0.3, -0.25) is 9.59 Å². The van der Waals surface area contributed by atoms with E-state index in [1.807, 2.05) is 28.0 Å². The van der Waals surface area contributed by atoms with Crippen LogP contribution in [-0.4, -0.2) is 61.0 Å². The third-order valence-electron chi connectivity index (χ3n) is 4.46. The molecule has 0 unspecified atom stereocenters. The molecule has 2 amide bonds. The summed E-state index contributed by atoms with van der Waals surface area (Å²) in [4.78, 5) is 29.6. The predicted octanol–water partition coefficient (Wildman–Crippen LogP) is 2.62. The Hall–Kier alpha value is -1.18. The standard InChI is InChI=1S/C17H21BrN2O3S/c18-15-3-1-14(24-15)2-4-16(21)19-7-5-13(6-8-19)17(22)20-9-11-23-12-10-20/h1-4,13H,5-12H2. The van der Waals surface area contributed by atoms with Crippen LogP contribution in [0.5, 0.6) is 0 Å². The average Bonchev–Trinajstić information content (AvgIpc) is 3.05. The smallest absolute Gasteiger partial charge is 0.246 e. The highest BCUT2D eigenvalue weighted by Gasteiger charge is 2.30. The topological polar surface area (TPSA) is 49.9 Å². The van der Waals surface area contributed by atoms with Crippen LogP contribution in [0.3, 0.4) is 0 Å². The molecule has 2 saturated heterocycles. The van der Waals surface area contributed by atoms with Crippen molar-refractivity contribution >= 4 is 45.2 Å². The zero-order valence-electron chi connectivity index (χ0n) is 13.4. The number of carbonyl (C=O) groups excluding carboxylic acids is 2. The van der Waals surface area contributed by atoms with Gasteiger partial charge >= 0.3 is 0 Å². The van der Waals surface area contributed by atoms with Crippen molar-refractivity contribution < 1.29 is 14.3 Å². The number of halogens is 1. The van der Waals surface area contributed by atoms with Gasteiger partial charge in [-0.25, -0.2) is 0 Å². The summed E-state index contributed by atoms with van der Waals surface area (Å²) in [5, 5.41) is 0. The molecule has 24 heavy (non-hydrogen) atoms. The first kappa shape index (κ1) is 17.6. The molecule has 1 aromatic heterocycles. The van der Waals surface area contributed by atoms with Crippen LogP contribution in [0.1, 0.15) is 17.7 Å². The van der Waals surface area contributed by atoms with Crippen LogP contribution in [0.25, 0.3) is 6.08 Å². The molecule has 0 saturated carbocycles. The molecule has 2 aliphatic heterocycles. The van der Waals surface area contributed by atoms with Crippen LogP contribution < -0.4 is 0 Å². The van der Waals surface area contributed by atoms with Gasteiger partial charge in [0, 0.05) is 43.1 Å². The number of likely N-dealkylation sites (tertiary alicyclic amines) is 1. The summed E-state index contributed by atoms with van der Waals surface area (Å²) >= 11 is 5.01. The maximum absolute atomic E-state index is 12.5. The van der Waals surface area contributed by atoms with E-state index in [2.05, 4.69) is 15.9 Å². The molecule has 0 bridgehead atoms. The number of ether oxygens (including phenoxy) is 1. The number of rotatable bonds is 3. The van der Waals surface area contributed by atoms with Crippen LogP contribution in [0.2, 0.25) is 0 Å². The largest absolute Gasteiger partial charge is 0.378 e. The zero-order valence-corrected chi connectivity index (χ0v) is 15.9. The maximum Gasteiger partial charge on any atom is 0.246 e. The molecule has 3 rings (SSSR count). The number of amides is 2. The Morgan fingerprint density at radius 3 is 2.46 bits per heavy atom. The Morgan fingerprint density at radius 2 is 1.83 bits per heavy atom. The summed E-state index contributed by atoms with van der Waals surface area (Å²) in [5.74, 6) is 0.297. The van der Waals surface area contributed by atoms with Gasteiger partial charge in [0.15, 0.2) is 0 Å². The van der Waals surface area contributed by atoms with E-state index >= 15 is 0 Å². The first-order valence-electron chi connectivity index (χ1n) is 8.22. The first-order chi connectivity index (χ1) is 11.6. The molecule has 3 heterocycles. The molecule has 0 radical (unpaired) electrons. The number of hydrogen-bond acceptors (Lipinski definition) is 4. The maximum atomic E-state index is 12.5. The van der Waals surface area contributed by atoms with Gasteiger partial charge in [0.25, 0.3) is 0 Å². The van der Waals surface area contributed by atoms with Crippen molar-refractivity contribution in [2.75, 3.05) is 39.4 Å². The SMILES string of the molecule is O=C(C=Cc1ccc(Br)s1)N1CCC(C(=O)N2CCOCC2)CC1. The molecule has 130 valence electrons. The number of piperidine rings is 1. The Labute approximate surface area is 154 Å². The molecular formula is C17H21BrN2O3S. The number of thiophene rings is 1. The lowest BCUT2D eigenvalue weighted by molar-refractivity contribution is -0.142. The lowest BCUT2D eigenvalue weighted by Crippen LogP contribution is -2.47. The van der Waals surface area contributed by atoms with Crippen molar-refractivity contribution in [2.24, 2.45) is 5.92 Å². The Kier molecular flexibility index (Phi) is 6.08. The van der Waals surface area contributed by atoms with Gasteiger partial charge in [-0.15, -0.1) is 11.3 Å². The summed E-state index contributed by atoms with van der Waals surface area (Å²) in [5.41, 5.74) is 0. The quantitative estimate of drug-likeness (QED) is 0.716. The zero-order chi connectivity index (χ0) is 16.9. The highest BCUT2D eigenvalue weighted by atomic mass is 79.9. The Balaban J connectivity index is 1.48. The van der Waals surface area contributed by atoms with E-state index < -0.39 is 0 Å². The van der Waals surface area contributed by atoms with E-state index in [0.717, 1.165) is 21.5 Å². The van der Waals surface area contributed by atoms with Crippen molar-refractivity contribution in [1.82, 2.24) is 9.80 Å². The van der Waals surface area contributed by atoms with E-state index in [0.29, 0.717) is 39.4 Å². The molecule has 5 nitrogen and oxygen atoms in total. The van der Waals surface area contributed by atoms with Crippen LogP contribution in [0.15, 0.2) is 22.0 Å². The third-order valence-corrected chi connectivity index (χ3v) is 6.05. The molecule has 0 aromatic carbocycles. The lowest BCUT2D eigenvalue weighted by atomic mass is 9.95. The minimum atomic E-state index is 0.0248. The number of morpholine rings is 1. The summed E-state index contributed by atoms with van der Waals surface area (Å²) in [7, 11) is 0. The fourth-order valence-electron chi connectivity index (χ4n) is 3.07. The van der Waals surface area contributed by atoms with Crippen LogP contribution >= 0.6 is 27.3 Å². The van der Waals surface area contributed by atoms with Crippen molar-refractivity contribution in [3.63, 3.8) is 0 Å². The summed E-state index contributed by atoms with van der Waals surface area (Å²) < 4.78 is 6.35. The molecule has 7 heteroatoms. The molecule has 0 N–H and O–H groups in total. The van der Waals surface area contributed by atoms with Crippen LogP contribution in [0.4, 0.5) is 0 Å². The van der Waals surface area contributed by atoms with Crippen molar-refractivity contribution in [2.45, 2.75) is 12.8 Å². The molecule has 2 fully saturated rings. The second-order valence-electron chi connectivity index (χ2n) is 6.01. The molecule has 0 spiro atoms. The highest BCUT2D eigenvalue weighted by molar-refractivity contribution is 9.11. The highest BCUT2D eigenvalue weighted by Crippen LogP contribution is 2.24. The van der Waals surface area contributed by atoms with E-state index in [1.165, 1.54) is 0 Å². The monoisotopic (exact) mass is 412 g/mol. The summed E-state index contributed by atoms with van der Waals surface area (Å²) in [6, 6.07) is 3.95. The molecule has 2 aliphatic rings. The van der Waals surface area contributed by atoms with E-state index in [9.17, 15) is 9.59 Å². The summed E-state index contributed by atoms with van der Waals surface area (Å²) in [6.07, 6.45) is 4.98. The molecule has 0 aliphatic carbocycles. The van der Waals surface area contributed by atoms with Crippen LogP contribution in [0, 0.1) is 5.92 Å². The minimum absolute atomic E-state index is 0.0248. The fourth-order valence-corrected chi connectivity index (χ4v) is 4.39.